The number of benzene rings is 2. The monoisotopic (exact) mass is 573 g/mol. The van der Waals surface area contributed by atoms with E-state index in [9.17, 15) is 35.5 Å². The molecule has 4 rings (SSSR count). The first-order chi connectivity index (χ1) is 18.7. The van der Waals surface area contributed by atoms with Crippen molar-refractivity contribution in [3.63, 3.8) is 0 Å². The Hall–Kier alpha value is -2.82. The molecule has 4 nitrogen and oxygen atoms in total. The number of halogens is 7. The van der Waals surface area contributed by atoms with Gasteiger partial charge in [0.25, 0.3) is 0 Å². The normalized spacial score (nSPS) is 21.5. The first kappa shape index (κ1) is 30.1. The van der Waals surface area contributed by atoms with E-state index in [-0.39, 0.29) is 17.5 Å². The van der Waals surface area contributed by atoms with Crippen LogP contribution in [0.5, 0.6) is 0 Å². The molecule has 0 aromatic heterocycles. The van der Waals surface area contributed by atoms with Crippen LogP contribution < -0.4 is 0 Å². The van der Waals surface area contributed by atoms with Crippen molar-refractivity contribution in [2.24, 2.45) is 5.92 Å². The summed E-state index contributed by atoms with van der Waals surface area (Å²) in [6.07, 6.45) is -5.95. The second-order valence-corrected chi connectivity index (χ2v) is 11.0. The zero-order chi connectivity index (χ0) is 29.4. The molecule has 2 fully saturated rings. The summed E-state index contributed by atoms with van der Waals surface area (Å²) in [6, 6.07) is 3.82. The van der Waals surface area contributed by atoms with Gasteiger partial charge in [0.05, 0.1) is 23.2 Å². The lowest BCUT2D eigenvalue weighted by molar-refractivity contribution is -0.143. The molecule has 2 saturated heterocycles. The van der Waals surface area contributed by atoms with Gasteiger partial charge in [-0.2, -0.15) is 26.3 Å². The Balaban J connectivity index is 1.65. The highest BCUT2D eigenvalue weighted by atomic mass is 19.4. The lowest BCUT2D eigenvalue weighted by atomic mass is 9.90. The van der Waals surface area contributed by atoms with Crippen LogP contribution in [0.15, 0.2) is 36.4 Å². The zero-order valence-corrected chi connectivity index (χ0v) is 22.7. The Bertz CT molecular complexity index is 1170. The highest BCUT2D eigenvalue weighted by Gasteiger charge is 2.42. The molecule has 0 aliphatic carbocycles. The van der Waals surface area contributed by atoms with Gasteiger partial charge in [0.2, 0.25) is 0 Å². The summed E-state index contributed by atoms with van der Waals surface area (Å²) in [7, 11) is 1.38. The van der Waals surface area contributed by atoms with E-state index in [2.05, 4.69) is 4.90 Å². The summed E-state index contributed by atoms with van der Waals surface area (Å²) in [4.78, 5) is 19.0. The van der Waals surface area contributed by atoms with Gasteiger partial charge in [-0.3, -0.25) is 0 Å². The summed E-state index contributed by atoms with van der Waals surface area (Å²) in [6.45, 7) is 6.19. The summed E-state index contributed by atoms with van der Waals surface area (Å²) < 4.78 is 94.7. The average molecular weight is 574 g/mol. The van der Waals surface area contributed by atoms with Crippen LogP contribution in [-0.4, -0.2) is 54.0 Å². The lowest BCUT2D eigenvalue weighted by Crippen LogP contribution is -2.44. The third-order valence-electron chi connectivity index (χ3n) is 8.24. The molecule has 220 valence electrons. The number of likely N-dealkylation sites (tertiary alicyclic amines) is 2. The van der Waals surface area contributed by atoms with E-state index < -0.39 is 47.4 Å². The molecular formula is C29H34F7N3O. The van der Waals surface area contributed by atoms with Crippen LogP contribution in [0, 0.1) is 18.7 Å². The Morgan fingerprint density at radius 3 is 2.10 bits per heavy atom. The van der Waals surface area contributed by atoms with Gasteiger partial charge in [0.1, 0.15) is 5.82 Å². The Labute approximate surface area is 229 Å². The quantitative estimate of drug-likeness (QED) is 0.341. The average Bonchev–Trinajstić information content (AvgIpc) is 3.29. The smallest absolute Gasteiger partial charge is 0.321 e. The molecule has 0 N–H and O–H groups in total. The Morgan fingerprint density at radius 1 is 0.950 bits per heavy atom. The van der Waals surface area contributed by atoms with Crippen molar-refractivity contribution in [1.82, 2.24) is 14.7 Å². The SMILES string of the molecule is Cc1cc(F)ccc1C1C(CN2CCCCC2)CCN1C(=O)N(C)C(C)c1cc(C(F)(F)F)cc(C(F)(F)F)c1. The number of rotatable bonds is 5. The zero-order valence-electron chi connectivity index (χ0n) is 22.7. The number of carbonyl (C=O) groups excluding carboxylic acids is 1. The van der Waals surface area contributed by atoms with Crippen molar-refractivity contribution in [1.29, 1.82) is 0 Å². The van der Waals surface area contributed by atoms with Gasteiger partial charge in [-0.1, -0.05) is 12.5 Å². The summed E-state index contributed by atoms with van der Waals surface area (Å²) in [5.41, 5.74) is -1.65. The molecule has 2 heterocycles. The van der Waals surface area contributed by atoms with Crippen LogP contribution in [-0.2, 0) is 12.4 Å². The fraction of sp³-hybridized carbons (Fsp3) is 0.552. The van der Waals surface area contributed by atoms with Crippen molar-refractivity contribution < 1.29 is 35.5 Å². The highest BCUT2D eigenvalue weighted by Crippen LogP contribution is 2.42. The second kappa shape index (κ2) is 11.6. The Morgan fingerprint density at radius 2 is 1.55 bits per heavy atom. The van der Waals surface area contributed by atoms with Crippen molar-refractivity contribution in [2.75, 3.05) is 33.2 Å². The fourth-order valence-corrected chi connectivity index (χ4v) is 5.94. The number of alkyl halides is 6. The molecule has 2 aromatic rings. The highest BCUT2D eigenvalue weighted by molar-refractivity contribution is 5.76. The molecule has 0 radical (unpaired) electrons. The fourth-order valence-electron chi connectivity index (χ4n) is 5.94. The van der Waals surface area contributed by atoms with Crippen molar-refractivity contribution >= 4 is 6.03 Å². The van der Waals surface area contributed by atoms with Crippen molar-refractivity contribution in [3.05, 3.63) is 70.0 Å². The maximum absolute atomic E-state index is 14.0. The van der Waals surface area contributed by atoms with E-state index in [4.69, 9.17) is 0 Å². The summed E-state index contributed by atoms with van der Waals surface area (Å²) in [5, 5.41) is 0. The largest absolute Gasteiger partial charge is 0.416 e. The molecule has 2 amide bonds. The predicted octanol–water partition coefficient (Wildman–Crippen LogP) is 7.83. The van der Waals surface area contributed by atoms with E-state index in [1.54, 1.807) is 17.9 Å². The number of hydrogen-bond donors (Lipinski definition) is 0. The van der Waals surface area contributed by atoms with Crippen LogP contribution in [0.1, 0.15) is 72.5 Å². The first-order valence-corrected chi connectivity index (χ1v) is 13.5. The van der Waals surface area contributed by atoms with E-state index >= 15 is 0 Å². The lowest BCUT2D eigenvalue weighted by Gasteiger charge is -2.37. The number of amides is 2. The molecule has 3 atom stereocenters. The van der Waals surface area contributed by atoms with Crippen LogP contribution in [0.3, 0.4) is 0 Å². The number of nitrogens with zero attached hydrogens (tertiary/aromatic N) is 3. The Kier molecular flexibility index (Phi) is 8.73. The summed E-state index contributed by atoms with van der Waals surface area (Å²) in [5.74, 6) is -0.360. The molecule has 40 heavy (non-hydrogen) atoms. The molecule has 2 aromatic carbocycles. The van der Waals surface area contributed by atoms with Crippen molar-refractivity contribution in [2.45, 2.75) is 64.0 Å². The number of piperidine rings is 1. The van der Waals surface area contributed by atoms with Gasteiger partial charge in [-0.25, -0.2) is 9.18 Å². The maximum atomic E-state index is 14.0. The predicted molar refractivity (Wildman–Crippen MR) is 137 cm³/mol. The third kappa shape index (κ3) is 6.56. The van der Waals surface area contributed by atoms with Gasteiger partial charge in [0, 0.05) is 20.1 Å². The molecule has 0 spiro atoms. The van der Waals surface area contributed by atoms with Gasteiger partial charge in [0.15, 0.2) is 0 Å². The van der Waals surface area contributed by atoms with Crippen LogP contribution in [0.2, 0.25) is 0 Å². The van der Waals surface area contributed by atoms with Gasteiger partial charge in [-0.05, 0) is 99.1 Å². The molecule has 2 aliphatic heterocycles. The molecule has 2 aliphatic rings. The molecule has 0 saturated carbocycles. The summed E-state index contributed by atoms with van der Waals surface area (Å²) >= 11 is 0. The number of carbonyl (C=O) groups is 1. The minimum atomic E-state index is -4.99. The molecule has 3 unspecified atom stereocenters. The van der Waals surface area contributed by atoms with Gasteiger partial charge < -0.3 is 14.7 Å². The topological polar surface area (TPSA) is 26.8 Å². The number of aryl methyl sites for hydroxylation is 1. The van der Waals surface area contributed by atoms with Gasteiger partial charge in [-0.15, -0.1) is 0 Å². The van der Waals surface area contributed by atoms with Crippen molar-refractivity contribution in [3.8, 4) is 0 Å². The van der Waals surface area contributed by atoms with E-state index in [0.29, 0.717) is 30.7 Å². The molecule has 0 bridgehead atoms. The molecule has 11 heteroatoms. The minimum Gasteiger partial charge on any atom is -0.321 e. The van der Waals surface area contributed by atoms with Crippen LogP contribution in [0.4, 0.5) is 35.5 Å². The first-order valence-electron chi connectivity index (χ1n) is 13.5. The van der Waals surface area contributed by atoms with E-state index in [1.807, 2.05) is 0 Å². The second-order valence-electron chi connectivity index (χ2n) is 11.0. The van der Waals surface area contributed by atoms with E-state index in [1.165, 1.54) is 37.4 Å². The number of urea groups is 1. The van der Waals surface area contributed by atoms with Crippen LogP contribution >= 0.6 is 0 Å². The maximum Gasteiger partial charge on any atom is 0.416 e. The standard InChI is InChI=1S/C29H34F7N3O/c1-18-13-24(30)7-8-25(18)26-20(17-38-10-5-4-6-11-38)9-12-39(26)27(40)37(3)19(2)21-14-22(28(31,32)33)16-23(15-21)29(34,35)36/h7-8,13-16,19-20,26H,4-6,9-12,17H2,1-3H3. The van der Waals surface area contributed by atoms with E-state index in [0.717, 1.165) is 38.0 Å². The number of hydrogen-bond acceptors (Lipinski definition) is 2. The van der Waals surface area contributed by atoms with Crippen LogP contribution in [0.25, 0.3) is 0 Å². The molecular weight excluding hydrogens is 539 g/mol. The third-order valence-corrected chi connectivity index (χ3v) is 8.24. The minimum absolute atomic E-state index is 0.0420. The van der Waals surface area contributed by atoms with Gasteiger partial charge >= 0.3 is 18.4 Å².